The summed E-state index contributed by atoms with van der Waals surface area (Å²) in [6.07, 6.45) is 0.340. The first-order valence-electron chi connectivity index (χ1n) is 5.89. The molecule has 5 nitrogen and oxygen atoms in total. The summed E-state index contributed by atoms with van der Waals surface area (Å²) in [5, 5.41) is 12.7. The average molecular weight is 253 g/mol. The Morgan fingerprint density at radius 2 is 2.22 bits per heavy atom. The first-order chi connectivity index (χ1) is 8.67. The third kappa shape index (κ3) is 4.63. The summed E-state index contributed by atoms with van der Waals surface area (Å²) >= 11 is 0. The average Bonchev–Trinajstić information content (AvgIpc) is 2.38. The lowest BCUT2D eigenvalue weighted by Crippen LogP contribution is -2.18. The van der Waals surface area contributed by atoms with Gasteiger partial charge in [-0.3, -0.25) is 4.79 Å². The largest absolute Gasteiger partial charge is 0.504 e. The number of nitrogens with one attached hydrogen (secondary N) is 1. The fourth-order valence-corrected chi connectivity index (χ4v) is 1.46. The smallest absolute Gasteiger partial charge is 0.306 e. The molecule has 1 aromatic rings. The molecule has 18 heavy (non-hydrogen) atoms. The molecular weight excluding hydrogens is 234 g/mol. The summed E-state index contributed by atoms with van der Waals surface area (Å²) in [6, 6.07) is 5.19. The first-order valence-corrected chi connectivity index (χ1v) is 5.89. The summed E-state index contributed by atoms with van der Waals surface area (Å²) in [4.78, 5) is 10.9. The van der Waals surface area contributed by atoms with Crippen LogP contribution in [0.15, 0.2) is 18.2 Å². The van der Waals surface area contributed by atoms with Crippen molar-refractivity contribution in [2.75, 3.05) is 20.3 Å². The molecule has 1 rings (SSSR count). The number of carbonyl (C=O) groups excluding carboxylic acids is 1. The Labute approximate surface area is 107 Å². The second-order valence-corrected chi connectivity index (χ2v) is 3.74. The van der Waals surface area contributed by atoms with Gasteiger partial charge in [-0.1, -0.05) is 6.07 Å². The van der Waals surface area contributed by atoms with Gasteiger partial charge >= 0.3 is 5.97 Å². The maximum absolute atomic E-state index is 10.9. The molecular formula is C13H19NO4. The van der Waals surface area contributed by atoms with Crippen molar-refractivity contribution in [2.24, 2.45) is 0 Å². The second kappa shape index (κ2) is 7.55. The van der Waals surface area contributed by atoms with E-state index in [9.17, 15) is 9.90 Å². The number of esters is 1. The summed E-state index contributed by atoms with van der Waals surface area (Å²) in [7, 11) is 1.37. The van der Waals surface area contributed by atoms with Gasteiger partial charge in [-0.05, 0) is 24.6 Å². The summed E-state index contributed by atoms with van der Waals surface area (Å²) in [5.74, 6) is 0.378. The Bertz CT molecular complexity index is 393. The lowest BCUT2D eigenvalue weighted by atomic mass is 10.2. The Kier molecular flexibility index (Phi) is 6.00. The van der Waals surface area contributed by atoms with Crippen molar-refractivity contribution in [3.8, 4) is 11.5 Å². The minimum absolute atomic E-state index is 0.134. The molecule has 0 aliphatic carbocycles. The van der Waals surface area contributed by atoms with Crippen molar-refractivity contribution in [2.45, 2.75) is 19.9 Å². The Morgan fingerprint density at radius 3 is 2.89 bits per heavy atom. The van der Waals surface area contributed by atoms with E-state index in [-0.39, 0.29) is 11.7 Å². The van der Waals surface area contributed by atoms with E-state index >= 15 is 0 Å². The molecule has 0 bridgehead atoms. The number of benzene rings is 1. The molecule has 100 valence electrons. The molecule has 0 atom stereocenters. The lowest BCUT2D eigenvalue weighted by molar-refractivity contribution is -0.140. The maximum Gasteiger partial charge on any atom is 0.306 e. The van der Waals surface area contributed by atoms with E-state index in [2.05, 4.69) is 10.1 Å². The second-order valence-electron chi connectivity index (χ2n) is 3.74. The van der Waals surface area contributed by atoms with Crippen molar-refractivity contribution in [3.05, 3.63) is 23.8 Å². The monoisotopic (exact) mass is 253 g/mol. The van der Waals surface area contributed by atoms with Crippen LogP contribution < -0.4 is 10.1 Å². The number of phenols is 1. The van der Waals surface area contributed by atoms with Crippen LogP contribution in [0.1, 0.15) is 18.9 Å². The minimum atomic E-state index is -0.233. The molecule has 0 fully saturated rings. The molecule has 0 aromatic heterocycles. The normalized spacial score (nSPS) is 10.1. The summed E-state index contributed by atoms with van der Waals surface area (Å²) in [5.41, 5.74) is 0.987. The summed E-state index contributed by atoms with van der Waals surface area (Å²) < 4.78 is 9.82. The van der Waals surface area contributed by atoms with Gasteiger partial charge in [-0.25, -0.2) is 0 Å². The number of phenolic OH excluding ortho intramolecular Hbond substituents is 1. The predicted molar refractivity (Wildman–Crippen MR) is 67.6 cm³/mol. The zero-order valence-corrected chi connectivity index (χ0v) is 10.7. The molecule has 0 aliphatic heterocycles. The predicted octanol–water partition coefficient (Wildman–Crippen LogP) is 1.44. The van der Waals surface area contributed by atoms with Gasteiger partial charge in [0.25, 0.3) is 0 Å². The number of methoxy groups -OCH3 is 1. The Hall–Kier alpha value is -1.75. The van der Waals surface area contributed by atoms with Crippen LogP contribution in [-0.2, 0) is 16.1 Å². The van der Waals surface area contributed by atoms with Gasteiger partial charge in [0.1, 0.15) is 0 Å². The molecule has 2 N–H and O–H groups in total. The number of hydrogen-bond donors (Lipinski definition) is 2. The van der Waals surface area contributed by atoms with Crippen LogP contribution in [0.5, 0.6) is 11.5 Å². The molecule has 5 heteroatoms. The molecule has 0 amide bonds. The Balaban J connectivity index is 2.42. The van der Waals surface area contributed by atoms with Crippen molar-refractivity contribution in [3.63, 3.8) is 0 Å². The first kappa shape index (κ1) is 14.3. The minimum Gasteiger partial charge on any atom is -0.504 e. The summed E-state index contributed by atoms with van der Waals surface area (Å²) in [6.45, 7) is 3.53. The van der Waals surface area contributed by atoms with Gasteiger partial charge in [0.2, 0.25) is 0 Å². The quantitative estimate of drug-likeness (QED) is 0.568. The maximum atomic E-state index is 10.9. The van der Waals surface area contributed by atoms with Crippen molar-refractivity contribution < 1.29 is 19.4 Å². The van der Waals surface area contributed by atoms with Crippen LogP contribution in [0.4, 0.5) is 0 Å². The fourth-order valence-electron chi connectivity index (χ4n) is 1.46. The van der Waals surface area contributed by atoms with E-state index in [1.165, 1.54) is 7.11 Å². The highest BCUT2D eigenvalue weighted by atomic mass is 16.5. The number of rotatable bonds is 7. The van der Waals surface area contributed by atoms with E-state index in [1.807, 2.05) is 13.0 Å². The topological polar surface area (TPSA) is 67.8 Å². The van der Waals surface area contributed by atoms with Gasteiger partial charge < -0.3 is 19.9 Å². The van der Waals surface area contributed by atoms with E-state index in [4.69, 9.17) is 4.74 Å². The van der Waals surface area contributed by atoms with Crippen molar-refractivity contribution >= 4 is 5.97 Å². The standard InChI is InChI=1S/C13H19NO4/c1-3-18-12-8-10(4-5-11(12)15)9-14-7-6-13(16)17-2/h4-5,8,14-15H,3,6-7,9H2,1-2H3. The molecule has 0 saturated carbocycles. The molecule has 1 aromatic carbocycles. The van der Waals surface area contributed by atoms with E-state index in [0.29, 0.717) is 31.9 Å². The van der Waals surface area contributed by atoms with Crippen LogP contribution in [-0.4, -0.2) is 31.3 Å². The van der Waals surface area contributed by atoms with Crippen LogP contribution in [0.2, 0.25) is 0 Å². The third-order valence-electron chi connectivity index (χ3n) is 2.39. The SMILES string of the molecule is CCOc1cc(CNCCC(=O)OC)ccc1O. The van der Waals surface area contributed by atoms with Crippen LogP contribution in [0.25, 0.3) is 0 Å². The van der Waals surface area contributed by atoms with E-state index in [0.717, 1.165) is 5.56 Å². The van der Waals surface area contributed by atoms with Gasteiger partial charge in [0, 0.05) is 13.1 Å². The van der Waals surface area contributed by atoms with Crippen molar-refractivity contribution in [1.82, 2.24) is 5.32 Å². The van der Waals surface area contributed by atoms with Crippen LogP contribution in [0.3, 0.4) is 0 Å². The molecule has 0 aliphatic rings. The molecule has 0 spiro atoms. The van der Waals surface area contributed by atoms with E-state index < -0.39 is 0 Å². The Morgan fingerprint density at radius 1 is 1.44 bits per heavy atom. The highest BCUT2D eigenvalue weighted by Gasteiger charge is 2.04. The number of hydrogen-bond acceptors (Lipinski definition) is 5. The molecule has 0 radical (unpaired) electrons. The zero-order valence-electron chi connectivity index (χ0n) is 10.7. The van der Waals surface area contributed by atoms with Gasteiger partial charge in [0.05, 0.1) is 20.1 Å². The lowest BCUT2D eigenvalue weighted by Gasteiger charge is -2.09. The van der Waals surface area contributed by atoms with Gasteiger partial charge in [-0.15, -0.1) is 0 Å². The van der Waals surface area contributed by atoms with E-state index in [1.54, 1.807) is 12.1 Å². The zero-order chi connectivity index (χ0) is 13.4. The fraction of sp³-hybridized carbons (Fsp3) is 0.462. The number of ether oxygens (including phenoxy) is 2. The van der Waals surface area contributed by atoms with Gasteiger partial charge in [-0.2, -0.15) is 0 Å². The molecule has 0 saturated heterocycles. The molecule has 0 heterocycles. The van der Waals surface area contributed by atoms with Gasteiger partial charge in [0.15, 0.2) is 11.5 Å². The van der Waals surface area contributed by atoms with Crippen LogP contribution >= 0.6 is 0 Å². The third-order valence-corrected chi connectivity index (χ3v) is 2.39. The van der Waals surface area contributed by atoms with Crippen molar-refractivity contribution in [1.29, 1.82) is 0 Å². The highest BCUT2D eigenvalue weighted by molar-refractivity contribution is 5.69. The number of carbonyl (C=O) groups is 1. The highest BCUT2D eigenvalue weighted by Crippen LogP contribution is 2.26. The number of aromatic hydroxyl groups is 1. The molecule has 0 unspecified atom stereocenters. The van der Waals surface area contributed by atoms with Crippen LogP contribution in [0, 0.1) is 0 Å².